The predicted octanol–water partition coefficient (Wildman–Crippen LogP) is -0.0537. The molecule has 0 fully saturated rings. The molecule has 0 rings (SSSR count). The Bertz CT molecular complexity index is 207. The van der Waals surface area contributed by atoms with Crippen LogP contribution in [0.4, 0.5) is 0 Å². The third kappa shape index (κ3) is 4.89. The number of carbonyl (C=O) groups is 2. The molecule has 0 spiro atoms. The highest BCUT2D eigenvalue weighted by atomic mass is 16.2. The van der Waals surface area contributed by atoms with E-state index in [-0.39, 0.29) is 24.2 Å². The lowest BCUT2D eigenvalue weighted by atomic mass is 10.0. The van der Waals surface area contributed by atoms with E-state index in [0.29, 0.717) is 13.1 Å². The molecule has 0 unspecified atom stereocenters. The number of hydrogen-bond acceptors (Lipinski definition) is 2. The highest BCUT2D eigenvalue weighted by molar-refractivity contribution is 6.19. The van der Waals surface area contributed by atoms with Crippen LogP contribution in [-0.4, -0.2) is 43.7 Å². The molecule has 2 amide bonds. The van der Waals surface area contributed by atoms with Gasteiger partial charge in [0.05, 0.1) is 7.85 Å². The lowest BCUT2D eigenvalue weighted by Crippen LogP contribution is -2.41. The Morgan fingerprint density at radius 2 is 2.00 bits per heavy atom. The summed E-state index contributed by atoms with van der Waals surface area (Å²) in [5, 5.41) is 2.64. The minimum atomic E-state index is -0.0923. The molecule has 5 heteroatoms. The van der Waals surface area contributed by atoms with E-state index in [0.717, 1.165) is 0 Å². The lowest BCUT2D eigenvalue weighted by molar-refractivity contribution is -0.130. The number of carbonyl (C=O) groups excluding carboxylic acids is 2. The Labute approximate surface area is 86.4 Å². The first-order valence-corrected chi connectivity index (χ1v) is 4.73. The minimum Gasteiger partial charge on any atom is -0.355 e. The van der Waals surface area contributed by atoms with Crippen molar-refractivity contribution in [2.75, 3.05) is 13.1 Å². The van der Waals surface area contributed by atoms with Crippen LogP contribution in [0.2, 0.25) is 6.32 Å². The maximum atomic E-state index is 11.3. The quantitative estimate of drug-likeness (QED) is 0.626. The molecule has 0 aromatic heterocycles. The topological polar surface area (TPSA) is 49.4 Å². The van der Waals surface area contributed by atoms with Gasteiger partial charge in [-0.1, -0.05) is 0 Å². The van der Waals surface area contributed by atoms with Crippen LogP contribution in [-0.2, 0) is 9.59 Å². The van der Waals surface area contributed by atoms with Gasteiger partial charge in [-0.05, 0) is 20.2 Å². The summed E-state index contributed by atoms with van der Waals surface area (Å²) < 4.78 is 0. The minimum absolute atomic E-state index is 0.0122. The highest BCUT2D eigenvalue weighted by Gasteiger charge is 2.13. The smallest absolute Gasteiger partial charge is 0.216 e. The number of hydrogen-bond donors (Lipinski definition) is 1. The molecule has 78 valence electrons. The zero-order valence-electron chi connectivity index (χ0n) is 9.04. The summed E-state index contributed by atoms with van der Waals surface area (Å²) >= 11 is 0. The first-order valence-electron chi connectivity index (χ1n) is 4.73. The van der Waals surface area contributed by atoms with Crippen molar-refractivity contribution in [1.29, 1.82) is 0 Å². The lowest BCUT2D eigenvalue weighted by Gasteiger charge is -2.26. The van der Waals surface area contributed by atoms with Gasteiger partial charge in [0.25, 0.3) is 0 Å². The van der Waals surface area contributed by atoms with Gasteiger partial charge in [-0.3, -0.25) is 9.59 Å². The van der Waals surface area contributed by atoms with Gasteiger partial charge in [0.1, 0.15) is 0 Å². The van der Waals surface area contributed by atoms with Crippen LogP contribution in [0, 0.1) is 0 Å². The van der Waals surface area contributed by atoms with Crippen LogP contribution in [0.5, 0.6) is 0 Å². The van der Waals surface area contributed by atoms with Crippen LogP contribution in [0.3, 0.4) is 0 Å². The van der Waals surface area contributed by atoms with Crippen LogP contribution < -0.4 is 5.32 Å². The molecule has 2 radical (unpaired) electrons. The van der Waals surface area contributed by atoms with Crippen molar-refractivity contribution in [3.63, 3.8) is 0 Å². The molecule has 0 atom stereocenters. The maximum Gasteiger partial charge on any atom is 0.216 e. The summed E-state index contributed by atoms with van der Waals surface area (Å²) in [4.78, 5) is 23.6. The monoisotopic (exact) mass is 196 g/mol. The van der Waals surface area contributed by atoms with Crippen molar-refractivity contribution >= 4 is 19.7 Å². The zero-order valence-corrected chi connectivity index (χ0v) is 9.04. The summed E-state index contributed by atoms with van der Waals surface area (Å²) in [6, 6.07) is 0.111. The number of rotatable bonds is 5. The molecule has 0 aliphatic carbocycles. The molecule has 0 saturated heterocycles. The van der Waals surface area contributed by atoms with E-state index in [1.807, 2.05) is 13.8 Å². The maximum absolute atomic E-state index is 11.3. The fraction of sp³-hybridized carbons (Fsp3) is 0.778. The van der Waals surface area contributed by atoms with Crippen molar-refractivity contribution in [3.8, 4) is 0 Å². The van der Waals surface area contributed by atoms with Gasteiger partial charge in [0.2, 0.25) is 11.8 Å². The molecule has 0 aromatic carbocycles. The SMILES string of the molecule is [B]CC(=O)N(CCNC(C)=O)C(C)C. The largest absolute Gasteiger partial charge is 0.355 e. The van der Waals surface area contributed by atoms with Gasteiger partial charge >= 0.3 is 0 Å². The Morgan fingerprint density at radius 3 is 2.36 bits per heavy atom. The van der Waals surface area contributed by atoms with E-state index in [1.54, 1.807) is 4.90 Å². The van der Waals surface area contributed by atoms with Gasteiger partial charge in [-0.15, -0.1) is 0 Å². The van der Waals surface area contributed by atoms with E-state index in [2.05, 4.69) is 5.32 Å². The molecule has 0 aromatic rings. The van der Waals surface area contributed by atoms with Gasteiger partial charge in [-0.2, -0.15) is 0 Å². The molecule has 1 N–H and O–H groups in total. The number of amides is 2. The van der Waals surface area contributed by atoms with Crippen LogP contribution in [0.25, 0.3) is 0 Å². The molecular weight excluding hydrogens is 179 g/mol. The Balaban J connectivity index is 3.98. The second-order valence-electron chi connectivity index (χ2n) is 3.37. The molecule has 0 saturated carbocycles. The Morgan fingerprint density at radius 1 is 1.43 bits per heavy atom. The average Bonchev–Trinajstić information content (AvgIpc) is 2.10. The average molecular weight is 196 g/mol. The first kappa shape index (κ1) is 13.0. The Kier molecular flexibility index (Phi) is 6.00. The Hall–Kier alpha value is -0.995. The summed E-state index contributed by atoms with van der Waals surface area (Å²) in [7, 11) is 5.26. The van der Waals surface area contributed by atoms with Crippen LogP contribution in [0.1, 0.15) is 20.8 Å². The van der Waals surface area contributed by atoms with E-state index >= 15 is 0 Å². The molecule has 0 aliphatic rings. The fourth-order valence-corrected chi connectivity index (χ4v) is 1.14. The zero-order chi connectivity index (χ0) is 11.1. The van der Waals surface area contributed by atoms with E-state index in [4.69, 9.17) is 7.85 Å². The summed E-state index contributed by atoms with van der Waals surface area (Å²) in [5.41, 5.74) is 0. The summed E-state index contributed by atoms with van der Waals surface area (Å²) in [6.07, 6.45) is 0.0122. The molecule has 4 nitrogen and oxygen atoms in total. The molecule has 0 heterocycles. The predicted molar refractivity (Wildman–Crippen MR) is 56.1 cm³/mol. The van der Waals surface area contributed by atoms with E-state index < -0.39 is 0 Å². The third-order valence-electron chi connectivity index (χ3n) is 1.84. The van der Waals surface area contributed by atoms with Crippen molar-refractivity contribution in [3.05, 3.63) is 0 Å². The van der Waals surface area contributed by atoms with Gasteiger partial charge in [0.15, 0.2) is 0 Å². The van der Waals surface area contributed by atoms with Crippen LogP contribution in [0.15, 0.2) is 0 Å². The molecule has 0 aliphatic heterocycles. The van der Waals surface area contributed by atoms with Gasteiger partial charge in [0, 0.05) is 26.1 Å². The van der Waals surface area contributed by atoms with Gasteiger partial charge in [-0.25, -0.2) is 0 Å². The highest BCUT2D eigenvalue weighted by Crippen LogP contribution is 1.99. The van der Waals surface area contributed by atoms with Crippen LogP contribution >= 0.6 is 0 Å². The molecule has 14 heavy (non-hydrogen) atoms. The molecule has 0 bridgehead atoms. The van der Waals surface area contributed by atoms with E-state index in [1.165, 1.54) is 6.92 Å². The van der Waals surface area contributed by atoms with E-state index in [9.17, 15) is 9.59 Å². The standard InChI is InChI=1S/C9H17BN2O2/c1-7(2)12(9(14)6-10)5-4-11-8(3)13/h7H,4-6H2,1-3H3,(H,11,13). The van der Waals surface area contributed by atoms with Crippen molar-refractivity contribution in [1.82, 2.24) is 10.2 Å². The molecular formula is C9H17BN2O2. The van der Waals surface area contributed by atoms with Crippen molar-refractivity contribution < 1.29 is 9.59 Å². The first-order chi connectivity index (χ1) is 6.49. The number of nitrogens with one attached hydrogen (secondary N) is 1. The summed E-state index contributed by atoms with van der Waals surface area (Å²) in [6.45, 7) is 6.26. The number of nitrogens with zero attached hydrogens (tertiary/aromatic N) is 1. The van der Waals surface area contributed by atoms with Crippen molar-refractivity contribution in [2.24, 2.45) is 0 Å². The fourth-order valence-electron chi connectivity index (χ4n) is 1.14. The van der Waals surface area contributed by atoms with Crippen molar-refractivity contribution in [2.45, 2.75) is 33.1 Å². The summed E-state index contributed by atoms with van der Waals surface area (Å²) in [5.74, 6) is -0.181. The van der Waals surface area contributed by atoms with Gasteiger partial charge < -0.3 is 10.2 Å². The normalized spacial score (nSPS) is 10.0. The second kappa shape index (κ2) is 6.46. The second-order valence-corrected chi connectivity index (χ2v) is 3.37. The third-order valence-corrected chi connectivity index (χ3v) is 1.84.